The lowest BCUT2D eigenvalue weighted by Gasteiger charge is -2.54. The molecule has 6 rings (SSSR count). The predicted molar refractivity (Wildman–Crippen MR) is 97.6 cm³/mol. The van der Waals surface area contributed by atoms with Crippen LogP contribution in [0.15, 0.2) is 40.9 Å². The highest BCUT2D eigenvalue weighted by atomic mass is 16.5. The number of allylic oxidation sites excluding steroid dienone is 1. The summed E-state index contributed by atoms with van der Waals surface area (Å²) in [6, 6.07) is 7.68. The molecular weight excluding hydrogens is 328 g/mol. The van der Waals surface area contributed by atoms with Gasteiger partial charge < -0.3 is 4.74 Å². The molecule has 1 saturated carbocycles. The van der Waals surface area contributed by atoms with Crippen LogP contribution in [0.4, 0.5) is 5.69 Å². The number of carbonyl (C=O) groups is 2. The van der Waals surface area contributed by atoms with Crippen LogP contribution in [0.2, 0.25) is 0 Å². The van der Waals surface area contributed by atoms with Crippen molar-refractivity contribution in [1.82, 2.24) is 4.90 Å². The first-order valence-corrected chi connectivity index (χ1v) is 9.26. The molecule has 134 valence electrons. The molecule has 0 amide bonds. The van der Waals surface area contributed by atoms with Crippen LogP contribution in [0.25, 0.3) is 0 Å². The molecule has 5 heteroatoms. The van der Waals surface area contributed by atoms with Gasteiger partial charge in [0.05, 0.1) is 18.2 Å². The van der Waals surface area contributed by atoms with Crippen LogP contribution in [-0.4, -0.2) is 49.1 Å². The lowest BCUT2D eigenvalue weighted by atomic mass is 9.59. The van der Waals surface area contributed by atoms with E-state index in [0.717, 1.165) is 30.8 Å². The monoisotopic (exact) mass is 350 g/mol. The first kappa shape index (κ1) is 15.9. The summed E-state index contributed by atoms with van der Waals surface area (Å²) in [4.78, 5) is 34.0. The number of benzene rings is 1. The molecule has 1 aromatic carbocycles. The van der Waals surface area contributed by atoms with Gasteiger partial charge in [-0.25, -0.2) is 0 Å². The number of fused-ring (bicyclic) bond motifs is 4. The summed E-state index contributed by atoms with van der Waals surface area (Å²) >= 11 is 0. The fraction of sp³-hybridized carbons (Fsp3) is 0.476. The average molecular weight is 350 g/mol. The van der Waals surface area contributed by atoms with Gasteiger partial charge >= 0.3 is 5.97 Å². The van der Waals surface area contributed by atoms with E-state index >= 15 is 0 Å². The van der Waals surface area contributed by atoms with Crippen LogP contribution in [-0.2, 0) is 19.7 Å². The van der Waals surface area contributed by atoms with Crippen molar-refractivity contribution >= 4 is 23.7 Å². The quantitative estimate of drug-likeness (QED) is 0.443. The maximum absolute atomic E-state index is 14.1. The van der Waals surface area contributed by atoms with Crippen LogP contribution >= 0.6 is 0 Å². The van der Waals surface area contributed by atoms with Crippen LogP contribution in [0.3, 0.4) is 0 Å². The lowest BCUT2D eigenvalue weighted by molar-refractivity contribution is -0.170. The van der Waals surface area contributed by atoms with Crippen molar-refractivity contribution < 1.29 is 14.3 Å². The predicted octanol–water partition coefficient (Wildman–Crippen LogP) is 2.42. The van der Waals surface area contributed by atoms with E-state index in [1.54, 1.807) is 6.21 Å². The Labute approximate surface area is 152 Å². The Morgan fingerprint density at radius 3 is 2.96 bits per heavy atom. The highest BCUT2D eigenvalue weighted by Gasteiger charge is 2.74. The molecule has 1 spiro atoms. The summed E-state index contributed by atoms with van der Waals surface area (Å²) in [5, 5.41) is 0. The van der Waals surface area contributed by atoms with Crippen molar-refractivity contribution in [3.8, 4) is 0 Å². The molecule has 4 fully saturated rings. The molecule has 0 aromatic heterocycles. The van der Waals surface area contributed by atoms with E-state index in [1.165, 1.54) is 12.7 Å². The molecule has 5 aliphatic rings. The number of nitrogens with zero attached hydrogens (tertiary/aromatic N) is 2. The van der Waals surface area contributed by atoms with Crippen molar-refractivity contribution in [2.75, 3.05) is 20.2 Å². The molecule has 5 atom stereocenters. The molecule has 1 aliphatic carbocycles. The van der Waals surface area contributed by atoms with Gasteiger partial charge in [0.25, 0.3) is 0 Å². The van der Waals surface area contributed by atoms with Crippen LogP contribution < -0.4 is 0 Å². The second-order valence-corrected chi connectivity index (χ2v) is 7.83. The third-order valence-electron chi connectivity index (χ3n) is 7.05. The largest absolute Gasteiger partial charge is 0.468 e. The lowest BCUT2D eigenvalue weighted by Crippen LogP contribution is -2.66. The number of para-hydroxylation sites is 1. The average Bonchev–Trinajstić information content (AvgIpc) is 3.20. The number of hydrogen-bond donors (Lipinski definition) is 0. The second-order valence-electron chi connectivity index (χ2n) is 7.83. The SMILES string of the molecule is CC=C1CN2CCC1C1(C(=O)OC)C(=O)C3(C=Nc4ccccc43)CC21. The molecule has 0 radical (unpaired) electrons. The summed E-state index contributed by atoms with van der Waals surface area (Å²) in [5.74, 6) is -0.469. The molecule has 3 saturated heterocycles. The standard InChI is InChI=1S/C21H22N2O3/c1-3-13-11-23-9-8-14(13)21(19(25)26-2)17(23)10-20(18(21)24)12-22-16-7-5-4-6-15(16)20/h3-7,12,14,17H,8-11H2,1-2H3. The van der Waals surface area contributed by atoms with Crippen molar-refractivity contribution in [2.45, 2.75) is 31.2 Å². The number of ether oxygens (including phenoxy) is 1. The summed E-state index contributed by atoms with van der Waals surface area (Å²) in [6.07, 6.45) is 5.30. The van der Waals surface area contributed by atoms with Gasteiger partial charge in [-0.2, -0.15) is 0 Å². The number of aliphatic imine (C=N–C) groups is 1. The Hall–Kier alpha value is -2.27. The summed E-state index contributed by atoms with van der Waals surface area (Å²) in [5.41, 5.74) is 1.04. The third kappa shape index (κ3) is 1.59. The first-order valence-electron chi connectivity index (χ1n) is 9.26. The normalized spacial score (nSPS) is 40.9. The van der Waals surface area contributed by atoms with Gasteiger partial charge in [-0.05, 0) is 37.9 Å². The molecule has 26 heavy (non-hydrogen) atoms. The molecule has 4 aliphatic heterocycles. The van der Waals surface area contributed by atoms with E-state index in [4.69, 9.17) is 4.74 Å². The van der Waals surface area contributed by atoms with E-state index in [9.17, 15) is 9.59 Å². The molecule has 4 heterocycles. The minimum Gasteiger partial charge on any atom is -0.468 e. The van der Waals surface area contributed by atoms with Crippen molar-refractivity contribution in [3.63, 3.8) is 0 Å². The molecule has 1 aromatic rings. The number of piperidine rings is 3. The number of rotatable bonds is 1. The number of carbonyl (C=O) groups excluding carboxylic acids is 2. The van der Waals surface area contributed by atoms with Gasteiger partial charge in [0.1, 0.15) is 5.41 Å². The van der Waals surface area contributed by atoms with E-state index in [1.807, 2.05) is 31.2 Å². The fourth-order valence-corrected chi connectivity index (χ4v) is 5.97. The van der Waals surface area contributed by atoms with E-state index < -0.39 is 10.8 Å². The zero-order chi connectivity index (χ0) is 18.1. The fourth-order valence-electron chi connectivity index (χ4n) is 5.97. The minimum atomic E-state index is -1.11. The Bertz CT molecular complexity index is 889. The Morgan fingerprint density at radius 1 is 1.38 bits per heavy atom. The summed E-state index contributed by atoms with van der Waals surface area (Å²) < 4.78 is 5.24. The third-order valence-corrected chi connectivity index (χ3v) is 7.05. The Balaban J connectivity index is 1.75. The smallest absolute Gasteiger partial charge is 0.321 e. The molecule has 0 N–H and O–H groups in total. The zero-order valence-electron chi connectivity index (χ0n) is 15.1. The number of ketones is 1. The highest BCUT2D eigenvalue weighted by molar-refractivity contribution is 6.21. The van der Waals surface area contributed by atoms with Gasteiger partial charge in [-0.1, -0.05) is 29.8 Å². The summed E-state index contributed by atoms with van der Waals surface area (Å²) in [6.45, 7) is 3.76. The molecule has 2 bridgehead atoms. The second kappa shape index (κ2) is 5.13. The van der Waals surface area contributed by atoms with Gasteiger partial charge in [-0.3, -0.25) is 19.5 Å². The van der Waals surface area contributed by atoms with Crippen LogP contribution in [0, 0.1) is 11.3 Å². The van der Waals surface area contributed by atoms with E-state index in [-0.39, 0.29) is 23.7 Å². The Morgan fingerprint density at radius 2 is 2.19 bits per heavy atom. The highest BCUT2D eigenvalue weighted by Crippen LogP contribution is 2.62. The molecule has 5 nitrogen and oxygen atoms in total. The minimum absolute atomic E-state index is 0.0238. The number of esters is 1. The Kier molecular flexibility index (Phi) is 3.15. The van der Waals surface area contributed by atoms with Crippen molar-refractivity contribution in [1.29, 1.82) is 0 Å². The molecular formula is C21H22N2O3. The van der Waals surface area contributed by atoms with Crippen LogP contribution in [0.1, 0.15) is 25.3 Å². The maximum Gasteiger partial charge on any atom is 0.321 e. The number of Topliss-reactive ketones (excluding diaryl/α,β-unsaturated/α-hetero) is 1. The van der Waals surface area contributed by atoms with E-state index in [2.05, 4.69) is 16.0 Å². The van der Waals surface area contributed by atoms with E-state index in [0.29, 0.717) is 6.42 Å². The molecule has 5 unspecified atom stereocenters. The van der Waals surface area contributed by atoms with Gasteiger partial charge in [0.15, 0.2) is 5.78 Å². The van der Waals surface area contributed by atoms with Gasteiger partial charge in [0, 0.05) is 24.7 Å². The summed E-state index contributed by atoms with van der Waals surface area (Å²) in [7, 11) is 1.40. The topological polar surface area (TPSA) is 59.0 Å². The van der Waals surface area contributed by atoms with Crippen molar-refractivity contribution in [2.24, 2.45) is 16.3 Å². The van der Waals surface area contributed by atoms with Gasteiger partial charge in [-0.15, -0.1) is 0 Å². The zero-order valence-corrected chi connectivity index (χ0v) is 15.1. The first-order chi connectivity index (χ1) is 12.6. The van der Waals surface area contributed by atoms with Gasteiger partial charge in [0.2, 0.25) is 0 Å². The maximum atomic E-state index is 14.1. The van der Waals surface area contributed by atoms with Crippen molar-refractivity contribution in [3.05, 3.63) is 41.5 Å². The van der Waals surface area contributed by atoms with Crippen LogP contribution in [0.5, 0.6) is 0 Å². The number of methoxy groups -OCH3 is 1. The number of hydrogen-bond acceptors (Lipinski definition) is 5.